The van der Waals surface area contributed by atoms with Crippen LogP contribution in [0.5, 0.6) is 0 Å². The molecular weight excluding hydrogens is 180 g/mol. The van der Waals surface area contributed by atoms with Crippen molar-refractivity contribution in [3.63, 3.8) is 0 Å². The summed E-state index contributed by atoms with van der Waals surface area (Å²) in [6.45, 7) is 8.45. The van der Waals surface area contributed by atoms with E-state index in [1.54, 1.807) is 0 Å². The van der Waals surface area contributed by atoms with E-state index < -0.39 is 0 Å². The van der Waals surface area contributed by atoms with Gasteiger partial charge in [0.05, 0.1) is 0 Å². The summed E-state index contributed by atoms with van der Waals surface area (Å²) in [5, 5.41) is 0. The Bertz CT molecular complexity index is 366. The van der Waals surface area contributed by atoms with Gasteiger partial charge in [-0.15, -0.1) is 19.4 Å². The molecule has 0 saturated heterocycles. The van der Waals surface area contributed by atoms with E-state index in [0.717, 1.165) is 6.42 Å². The summed E-state index contributed by atoms with van der Waals surface area (Å²) in [6.07, 6.45) is 4.22. The Hall–Kier alpha value is -1.30. The SMILES string of the molecule is C[C-]=C(C)/C(C)=C(\C)Cc1ccccc1. The standard InChI is InChI=1S/C15H19/c1-5-12(2)14(4)13(3)11-15-9-7-6-8-10-15/h6-10H,11H2,1-4H3/q-1/b14-13+. The van der Waals surface area contributed by atoms with Crippen LogP contribution in [0.2, 0.25) is 0 Å². The van der Waals surface area contributed by atoms with Crippen molar-refractivity contribution in [2.45, 2.75) is 34.1 Å². The van der Waals surface area contributed by atoms with Crippen LogP contribution >= 0.6 is 0 Å². The molecule has 0 aliphatic carbocycles. The summed E-state index contributed by atoms with van der Waals surface area (Å²) < 4.78 is 0. The van der Waals surface area contributed by atoms with Crippen LogP contribution in [-0.4, -0.2) is 0 Å². The van der Waals surface area contributed by atoms with E-state index in [-0.39, 0.29) is 0 Å². The summed E-state index contributed by atoms with van der Waals surface area (Å²) in [7, 11) is 0. The van der Waals surface area contributed by atoms with E-state index in [1.165, 1.54) is 22.3 Å². The number of allylic oxidation sites excluding steroid dienone is 4. The lowest BCUT2D eigenvalue weighted by molar-refractivity contribution is 1.09. The molecule has 0 aromatic heterocycles. The molecule has 0 atom stereocenters. The maximum atomic E-state index is 3.19. The molecule has 1 aromatic rings. The third kappa shape index (κ3) is 3.39. The summed E-state index contributed by atoms with van der Waals surface area (Å²) in [5.74, 6) is 0. The molecule has 80 valence electrons. The highest BCUT2D eigenvalue weighted by atomic mass is 14.1. The first kappa shape index (κ1) is 11.8. The predicted octanol–water partition coefficient (Wildman–Crippen LogP) is 4.33. The second kappa shape index (κ2) is 5.55. The predicted molar refractivity (Wildman–Crippen MR) is 66.6 cm³/mol. The first-order valence-corrected chi connectivity index (χ1v) is 5.37. The highest BCUT2D eigenvalue weighted by molar-refractivity contribution is 5.32. The fourth-order valence-electron chi connectivity index (χ4n) is 1.54. The zero-order chi connectivity index (χ0) is 11.3. The summed E-state index contributed by atoms with van der Waals surface area (Å²) in [5.41, 5.74) is 5.41. The molecule has 0 fully saturated rings. The van der Waals surface area contributed by atoms with Crippen molar-refractivity contribution in [1.29, 1.82) is 0 Å². The molecule has 15 heavy (non-hydrogen) atoms. The van der Waals surface area contributed by atoms with Gasteiger partial charge in [-0.25, -0.2) is 5.57 Å². The molecule has 0 N–H and O–H groups in total. The van der Waals surface area contributed by atoms with E-state index in [9.17, 15) is 0 Å². The molecule has 0 amide bonds. The van der Waals surface area contributed by atoms with E-state index in [2.05, 4.69) is 57.2 Å². The Morgan fingerprint density at radius 3 is 2.20 bits per heavy atom. The van der Waals surface area contributed by atoms with Crippen molar-refractivity contribution in [3.05, 3.63) is 58.7 Å². The highest BCUT2D eigenvalue weighted by Crippen LogP contribution is 2.17. The number of hydrogen-bond donors (Lipinski definition) is 0. The second-order valence-corrected chi connectivity index (χ2v) is 3.94. The molecule has 0 heterocycles. The molecule has 1 aromatic carbocycles. The minimum atomic E-state index is 1.03. The molecule has 0 unspecified atom stereocenters. The van der Waals surface area contributed by atoms with Gasteiger partial charge in [-0.2, -0.15) is 5.57 Å². The lowest BCUT2D eigenvalue weighted by atomic mass is 9.98. The Labute approximate surface area is 93.3 Å². The van der Waals surface area contributed by atoms with E-state index >= 15 is 0 Å². The van der Waals surface area contributed by atoms with Gasteiger partial charge in [-0.05, 0) is 12.0 Å². The maximum Gasteiger partial charge on any atom is -0.0229 e. The molecule has 0 aliphatic rings. The highest BCUT2D eigenvalue weighted by Gasteiger charge is 1.93. The van der Waals surface area contributed by atoms with Gasteiger partial charge < -0.3 is 0 Å². The van der Waals surface area contributed by atoms with Crippen molar-refractivity contribution in [2.24, 2.45) is 0 Å². The van der Waals surface area contributed by atoms with Gasteiger partial charge in [-0.3, -0.25) is 6.08 Å². The van der Waals surface area contributed by atoms with Crippen molar-refractivity contribution < 1.29 is 0 Å². The Morgan fingerprint density at radius 2 is 1.67 bits per heavy atom. The number of hydrogen-bond acceptors (Lipinski definition) is 0. The Balaban J connectivity index is 2.83. The van der Waals surface area contributed by atoms with Gasteiger partial charge in [0, 0.05) is 0 Å². The number of rotatable bonds is 3. The molecule has 0 heteroatoms. The van der Waals surface area contributed by atoms with Crippen molar-refractivity contribution in [1.82, 2.24) is 0 Å². The van der Waals surface area contributed by atoms with Crippen LogP contribution < -0.4 is 0 Å². The first-order chi connectivity index (χ1) is 7.15. The van der Waals surface area contributed by atoms with Gasteiger partial charge in [0.15, 0.2) is 0 Å². The maximum absolute atomic E-state index is 3.19. The molecule has 1 rings (SSSR count). The quantitative estimate of drug-likeness (QED) is 0.502. The average Bonchev–Trinajstić information content (AvgIpc) is 2.28. The van der Waals surface area contributed by atoms with E-state index in [4.69, 9.17) is 0 Å². The van der Waals surface area contributed by atoms with Gasteiger partial charge in [0.1, 0.15) is 0 Å². The summed E-state index contributed by atoms with van der Waals surface area (Å²) in [6, 6.07) is 10.6. The molecule has 0 bridgehead atoms. The molecular formula is C15H19-. The fraction of sp³-hybridized carbons (Fsp3) is 0.333. The van der Waals surface area contributed by atoms with Crippen molar-refractivity contribution in [2.75, 3.05) is 0 Å². The van der Waals surface area contributed by atoms with Crippen LogP contribution in [0.3, 0.4) is 0 Å². The minimum absolute atomic E-state index is 1.03. The monoisotopic (exact) mass is 199 g/mol. The third-order valence-electron chi connectivity index (χ3n) is 2.89. The summed E-state index contributed by atoms with van der Waals surface area (Å²) >= 11 is 0. The van der Waals surface area contributed by atoms with Crippen molar-refractivity contribution in [3.8, 4) is 0 Å². The van der Waals surface area contributed by atoms with Crippen LogP contribution in [-0.2, 0) is 6.42 Å². The molecule has 0 nitrogen and oxygen atoms in total. The van der Waals surface area contributed by atoms with Gasteiger partial charge in [0.25, 0.3) is 0 Å². The smallest absolute Gasteiger partial charge is 0.0229 e. The van der Waals surface area contributed by atoms with E-state index in [1.807, 2.05) is 6.92 Å². The second-order valence-electron chi connectivity index (χ2n) is 3.94. The largest absolute Gasteiger partial charge is 0.275 e. The normalized spacial score (nSPS) is 13.7. The zero-order valence-electron chi connectivity index (χ0n) is 10.1. The van der Waals surface area contributed by atoms with Crippen LogP contribution in [0.15, 0.2) is 47.1 Å². The van der Waals surface area contributed by atoms with Gasteiger partial charge in [0.2, 0.25) is 0 Å². The van der Waals surface area contributed by atoms with Gasteiger partial charge >= 0.3 is 0 Å². The van der Waals surface area contributed by atoms with Crippen molar-refractivity contribution >= 4 is 0 Å². The lowest BCUT2D eigenvalue weighted by Crippen LogP contribution is -1.92. The first-order valence-electron chi connectivity index (χ1n) is 5.37. The summed E-state index contributed by atoms with van der Waals surface area (Å²) in [4.78, 5) is 0. The topological polar surface area (TPSA) is 0 Å². The zero-order valence-corrected chi connectivity index (χ0v) is 10.1. The van der Waals surface area contributed by atoms with Gasteiger partial charge in [-0.1, -0.05) is 44.2 Å². The third-order valence-corrected chi connectivity index (χ3v) is 2.89. The minimum Gasteiger partial charge on any atom is -0.275 e. The van der Waals surface area contributed by atoms with Crippen LogP contribution in [0.25, 0.3) is 0 Å². The van der Waals surface area contributed by atoms with Crippen LogP contribution in [0.1, 0.15) is 33.3 Å². The molecule has 0 aliphatic heterocycles. The lowest BCUT2D eigenvalue weighted by Gasteiger charge is -2.17. The Morgan fingerprint density at radius 1 is 1.07 bits per heavy atom. The molecule has 0 spiro atoms. The van der Waals surface area contributed by atoms with E-state index in [0.29, 0.717) is 0 Å². The van der Waals surface area contributed by atoms with Crippen LogP contribution in [0, 0.1) is 6.08 Å². The number of benzene rings is 1. The van der Waals surface area contributed by atoms with Crippen LogP contribution in [0.4, 0.5) is 0 Å². The fourth-order valence-corrected chi connectivity index (χ4v) is 1.54. The average molecular weight is 199 g/mol. The molecule has 0 radical (unpaired) electrons. The Kier molecular flexibility index (Phi) is 4.36. The molecule has 0 saturated carbocycles.